The number of aromatic amines is 1. The molecule has 6 nitrogen and oxygen atoms in total. The largest absolute Gasteiger partial charge is 0.478 e. The van der Waals surface area contributed by atoms with Gasteiger partial charge in [-0.1, -0.05) is 49.4 Å². The number of hydrogen-bond donors (Lipinski definition) is 3. The number of rotatable bonds is 3. The van der Waals surface area contributed by atoms with Crippen molar-refractivity contribution in [2.24, 2.45) is 0 Å². The SMILES string of the molecule is CCc1ccc(-c2[nH]nc3c2[C@@]2(C(=O)O)C[C@@H](N3)c3ccccc3O2)cc1. The summed E-state index contributed by atoms with van der Waals surface area (Å²) < 4.78 is 6.14. The van der Waals surface area contributed by atoms with Crippen LogP contribution < -0.4 is 10.1 Å². The number of H-pyrrole nitrogens is 1. The maximum atomic E-state index is 12.4. The molecular weight excluding hydrogens is 342 g/mol. The van der Waals surface area contributed by atoms with Gasteiger partial charge in [0.15, 0.2) is 5.82 Å². The van der Waals surface area contributed by atoms with E-state index in [1.807, 2.05) is 48.5 Å². The minimum absolute atomic E-state index is 0.155. The Morgan fingerprint density at radius 1 is 1.26 bits per heavy atom. The first-order chi connectivity index (χ1) is 13.1. The van der Waals surface area contributed by atoms with Gasteiger partial charge in [0.1, 0.15) is 5.75 Å². The maximum Gasteiger partial charge on any atom is 0.353 e. The Kier molecular flexibility index (Phi) is 3.31. The summed E-state index contributed by atoms with van der Waals surface area (Å²) in [6.07, 6.45) is 1.26. The van der Waals surface area contributed by atoms with Gasteiger partial charge in [0.25, 0.3) is 0 Å². The molecule has 2 aromatic carbocycles. The Hall–Kier alpha value is -3.28. The zero-order chi connectivity index (χ0) is 18.6. The van der Waals surface area contributed by atoms with Crippen LogP contribution in [0.4, 0.5) is 5.82 Å². The molecule has 0 aliphatic carbocycles. The predicted molar refractivity (Wildman–Crippen MR) is 101 cm³/mol. The standard InChI is InChI=1S/C21H19N3O3/c1-2-12-7-9-13(10-8-12)18-17-19(24-23-18)22-15-11-21(17,20(25)26)27-16-6-4-3-5-14(15)16/h3-10,15H,2,11H2,1H3,(H,25,26)(H2,22,23,24)/t15-,21-/m1/s1. The number of carboxylic acid groups (broad SMARTS) is 1. The quantitative estimate of drug-likeness (QED) is 0.659. The number of ether oxygens (including phenoxy) is 1. The van der Waals surface area contributed by atoms with E-state index >= 15 is 0 Å². The number of carbonyl (C=O) groups is 1. The van der Waals surface area contributed by atoms with Gasteiger partial charge in [0, 0.05) is 17.5 Å². The molecule has 6 heteroatoms. The molecule has 0 spiro atoms. The number of fused-ring (bicyclic) bond motifs is 6. The lowest BCUT2D eigenvalue weighted by Crippen LogP contribution is -2.49. The van der Waals surface area contributed by atoms with Crippen molar-refractivity contribution in [3.05, 3.63) is 65.2 Å². The number of hydrogen-bond acceptors (Lipinski definition) is 4. The first kappa shape index (κ1) is 15.9. The highest BCUT2D eigenvalue weighted by atomic mass is 16.5. The van der Waals surface area contributed by atoms with Crippen LogP contribution in [0, 0.1) is 0 Å². The zero-order valence-corrected chi connectivity index (χ0v) is 14.8. The lowest BCUT2D eigenvalue weighted by molar-refractivity contribution is -0.159. The number of aryl methyl sites for hydroxylation is 1. The maximum absolute atomic E-state index is 12.4. The molecule has 2 bridgehead atoms. The number of benzene rings is 2. The van der Waals surface area contributed by atoms with Gasteiger partial charge in [-0.25, -0.2) is 4.79 Å². The number of anilines is 1. The van der Waals surface area contributed by atoms with Crippen molar-refractivity contribution >= 4 is 11.8 Å². The van der Waals surface area contributed by atoms with E-state index < -0.39 is 11.6 Å². The molecule has 0 unspecified atom stereocenters. The highest BCUT2D eigenvalue weighted by molar-refractivity contribution is 5.88. The minimum atomic E-state index is -1.47. The number of nitrogens with one attached hydrogen (secondary N) is 2. The van der Waals surface area contributed by atoms with Gasteiger partial charge in [0.05, 0.1) is 17.3 Å². The molecule has 0 fully saturated rings. The summed E-state index contributed by atoms with van der Waals surface area (Å²) in [6.45, 7) is 2.10. The van der Waals surface area contributed by atoms with E-state index in [1.165, 1.54) is 5.56 Å². The molecule has 27 heavy (non-hydrogen) atoms. The fourth-order valence-electron chi connectivity index (χ4n) is 4.13. The summed E-state index contributed by atoms with van der Waals surface area (Å²) in [7, 11) is 0. The third-order valence-electron chi connectivity index (χ3n) is 5.55. The number of aliphatic carboxylic acids is 1. The van der Waals surface area contributed by atoms with Crippen LogP contribution in [-0.4, -0.2) is 21.3 Å². The molecule has 1 aromatic heterocycles. The Balaban J connectivity index is 1.70. The smallest absolute Gasteiger partial charge is 0.353 e. The second-order valence-electron chi connectivity index (χ2n) is 7.05. The van der Waals surface area contributed by atoms with Crippen molar-refractivity contribution in [1.82, 2.24) is 10.2 Å². The zero-order valence-electron chi connectivity index (χ0n) is 14.8. The van der Waals surface area contributed by atoms with Gasteiger partial charge in [-0.2, -0.15) is 5.10 Å². The van der Waals surface area contributed by atoms with Crippen LogP contribution in [-0.2, 0) is 16.8 Å². The number of carboxylic acids is 1. The van der Waals surface area contributed by atoms with Crippen molar-refractivity contribution in [2.75, 3.05) is 5.32 Å². The van der Waals surface area contributed by atoms with Gasteiger partial charge in [-0.05, 0) is 18.1 Å². The summed E-state index contributed by atoms with van der Waals surface area (Å²) in [5, 5.41) is 21.0. The topological polar surface area (TPSA) is 87.2 Å². The summed E-state index contributed by atoms with van der Waals surface area (Å²) in [5.74, 6) is 0.137. The molecule has 2 atom stereocenters. The van der Waals surface area contributed by atoms with Crippen molar-refractivity contribution < 1.29 is 14.6 Å². The molecule has 2 aliphatic rings. The monoisotopic (exact) mass is 361 g/mol. The average molecular weight is 361 g/mol. The summed E-state index contributed by atoms with van der Waals surface area (Å²) >= 11 is 0. The third kappa shape index (κ3) is 2.19. The minimum Gasteiger partial charge on any atom is -0.478 e. The van der Waals surface area contributed by atoms with Crippen LogP contribution in [0.3, 0.4) is 0 Å². The molecule has 0 radical (unpaired) electrons. The van der Waals surface area contributed by atoms with Gasteiger partial charge >= 0.3 is 5.97 Å². The Labute approximate surface area is 156 Å². The van der Waals surface area contributed by atoms with Gasteiger partial charge < -0.3 is 15.2 Å². The average Bonchev–Trinajstić information content (AvgIpc) is 3.12. The van der Waals surface area contributed by atoms with E-state index in [0.717, 1.165) is 17.5 Å². The molecule has 0 amide bonds. The Bertz CT molecular complexity index is 1040. The van der Waals surface area contributed by atoms with Crippen LogP contribution in [0.15, 0.2) is 48.5 Å². The lowest BCUT2D eigenvalue weighted by Gasteiger charge is -2.43. The van der Waals surface area contributed by atoms with E-state index in [1.54, 1.807) is 0 Å². The molecule has 0 saturated carbocycles. The lowest BCUT2D eigenvalue weighted by atomic mass is 9.78. The summed E-state index contributed by atoms with van der Waals surface area (Å²) in [6, 6.07) is 15.5. The first-order valence-corrected chi connectivity index (χ1v) is 9.08. The fraction of sp³-hybridized carbons (Fsp3) is 0.238. The Morgan fingerprint density at radius 2 is 2.04 bits per heavy atom. The molecule has 0 saturated heterocycles. The van der Waals surface area contributed by atoms with E-state index in [-0.39, 0.29) is 6.04 Å². The summed E-state index contributed by atoms with van der Waals surface area (Å²) in [5.41, 5.74) is 2.85. The molecule has 136 valence electrons. The molecule has 2 aliphatic heterocycles. The highest BCUT2D eigenvalue weighted by Gasteiger charge is 2.55. The molecule has 3 heterocycles. The van der Waals surface area contributed by atoms with Crippen LogP contribution in [0.2, 0.25) is 0 Å². The van der Waals surface area contributed by atoms with Crippen LogP contribution >= 0.6 is 0 Å². The third-order valence-corrected chi connectivity index (χ3v) is 5.55. The van der Waals surface area contributed by atoms with Gasteiger partial charge in [0.2, 0.25) is 5.60 Å². The van der Waals surface area contributed by atoms with E-state index in [2.05, 4.69) is 22.4 Å². The van der Waals surface area contributed by atoms with E-state index in [0.29, 0.717) is 29.2 Å². The van der Waals surface area contributed by atoms with E-state index in [4.69, 9.17) is 4.74 Å². The highest BCUT2D eigenvalue weighted by Crippen LogP contribution is 2.53. The van der Waals surface area contributed by atoms with Crippen LogP contribution in [0.5, 0.6) is 5.75 Å². The van der Waals surface area contributed by atoms with Crippen molar-refractivity contribution in [2.45, 2.75) is 31.4 Å². The first-order valence-electron chi connectivity index (χ1n) is 9.08. The molecule has 5 rings (SSSR count). The van der Waals surface area contributed by atoms with Gasteiger partial charge in [-0.3, -0.25) is 5.10 Å². The fourth-order valence-corrected chi connectivity index (χ4v) is 4.13. The Morgan fingerprint density at radius 3 is 2.78 bits per heavy atom. The molecule has 3 aromatic rings. The van der Waals surface area contributed by atoms with E-state index in [9.17, 15) is 9.90 Å². The van der Waals surface area contributed by atoms with Crippen LogP contribution in [0.25, 0.3) is 11.3 Å². The van der Waals surface area contributed by atoms with Gasteiger partial charge in [-0.15, -0.1) is 0 Å². The number of para-hydroxylation sites is 1. The van der Waals surface area contributed by atoms with Crippen molar-refractivity contribution in [3.63, 3.8) is 0 Å². The van der Waals surface area contributed by atoms with Crippen molar-refractivity contribution in [1.29, 1.82) is 0 Å². The predicted octanol–water partition coefficient (Wildman–Crippen LogP) is 3.87. The van der Waals surface area contributed by atoms with Crippen LogP contribution in [0.1, 0.15) is 36.1 Å². The molecule has 3 N–H and O–H groups in total. The number of nitrogens with zero attached hydrogens (tertiary/aromatic N) is 1. The molecular formula is C21H19N3O3. The summed E-state index contributed by atoms with van der Waals surface area (Å²) in [4.78, 5) is 12.4. The van der Waals surface area contributed by atoms with Crippen molar-refractivity contribution in [3.8, 4) is 17.0 Å². The number of aromatic nitrogens is 2. The second-order valence-corrected chi connectivity index (χ2v) is 7.05. The normalized spacial score (nSPS) is 22.2. The second kappa shape index (κ2) is 5.61.